The standard InChI is InChI=1S/C12H19BrN2O2/c1-15(5-4-14)8-9-6-11(16-2)12(17-3)7-10(9)13/h6-7H,4-5,8,14H2,1-3H3. The summed E-state index contributed by atoms with van der Waals surface area (Å²) in [5.74, 6) is 1.47. The second-order valence-corrected chi connectivity index (χ2v) is 4.68. The zero-order chi connectivity index (χ0) is 12.8. The Labute approximate surface area is 111 Å². The van der Waals surface area contributed by atoms with Crippen LogP contribution in [0.5, 0.6) is 11.5 Å². The Morgan fingerprint density at radius 1 is 1.24 bits per heavy atom. The largest absolute Gasteiger partial charge is 0.493 e. The number of rotatable bonds is 6. The Bertz CT molecular complexity index is 372. The number of nitrogens with two attached hydrogens (primary N) is 1. The summed E-state index contributed by atoms with van der Waals surface area (Å²) in [5, 5.41) is 0. The van der Waals surface area contributed by atoms with Crippen LogP contribution in [0.15, 0.2) is 16.6 Å². The van der Waals surface area contributed by atoms with E-state index < -0.39 is 0 Å². The number of nitrogens with zero attached hydrogens (tertiary/aromatic N) is 1. The summed E-state index contributed by atoms with van der Waals surface area (Å²) in [7, 11) is 5.31. The highest BCUT2D eigenvalue weighted by atomic mass is 79.9. The van der Waals surface area contributed by atoms with Crippen LogP contribution >= 0.6 is 15.9 Å². The van der Waals surface area contributed by atoms with Gasteiger partial charge in [0.2, 0.25) is 0 Å². The second kappa shape index (κ2) is 6.83. The molecule has 0 radical (unpaired) electrons. The fourth-order valence-corrected chi connectivity index (χ4v) is 2.06. The molecule has 1 rings (SSSR count). The van der Waals surface area contributed by atoms with Crippen LogP contribution in [0, 0.1) is 0 Å². The van der Waals surface area contributed by atoms with Gasteiger partial charge in [0, 0.05) is 24.1 Å². The average Bonchev–Trinajstić information content (AvgIpc) is 2.31. The first-order valence-corrected chi connectivity index (χ1v) is 6.20. The van der Waals surface area contributed by atoms with Gasteiger partial charge in [-0.05, 0) is 24.7 Å². The van der Waals surface area contributed by atoms with Crippen LogP contribution in [0.1, 0.15) is 5.56 Å². The van der Waals surface area contributed by atoms with E-state index in [-0.39, 0.29) is 0 Å². The molecule has 0 fully saturated rings. The molecule has 1 aromatic carbocycles. The summed E-state index contributed by atoms with van der Waals surface area (Å²) in [6.07, 6.45) is 0. The van der Waals surface area contributed by atoms with Crippen LogP contribution in [0.2, 0.25) is 0 Å². The molecule has 0 unspecified atom stereocenters. The maximum Gasteiger partial charge on any atom is 0.161 e. The molecule has 96 valence electrons. The molecule has 0 saturated heterocycles. The van der Waals surface area contributed by atoms with Gasteiger partial charge in [0.1, 0.15) is 0 Å². The Hall–Kier alpha value is -0.780. The molecule has 0 saturated carbocycles. The van der Waals surface area contributed by atoms with Crippen molar-refractivity contribution in [3.05, 3.63) is 22.2 Å². The van der Waals surface area contributed by atoms with E-state index in [2.05, 4.69) is 20.8 Å². The van der Waals surface area contributed by atoms with E-state index in [1.165, 1.54) is 0 Å². The van der Waals surface area contributed by atoms with Crippen molar-refractivity contribution in [2.24, 2.45) is 5.73 Å². The fourth-order valence-electron chi connectivity index (χ4n) is 1.61. The van der Waals surface area contributed by atoms with E-state index in [0.29, 0.717) is 6.54 Å². The van der Waals surface area contributed by atoms with Gasteiger partial charge in [-0.15, -0.1) is 0 Å². The number of methoxy groups -OCH3 is 2. The van der Waals surface area contributed by atoms with Crippen LogP contribution in [0.25, 0.3) is 0 Å². The molecule has 4 nitrogen and oxygen atoms in total. The molecule has 1 aromatic rings. The van der Waals surface area contributed by atoms with Crippen LogP contribution in [-0.4, -0.2) is 39.3 Å². The van der Waals surface area contributed by atoms with Crippen molar-refractivity contribution in [1.82, 2.24) is 4.90 Å². The van der Waals surface area contributed by atoms with Crippen LogP contribution in [0.4, 0.5) is 0 Å². The molecule has 0 bridgehead atoms. The maximum atomic E-state index is 5.52. The predicted molar refractivity (Wildman–Crippen MR) is 72.6 cm³/mol. The van der Waals surface area contributed by atoms with Gasteiger partial charge in [0.25, 0.3) is 0 Å². The van der Waals surface area contributed by atoms with Crippen molar-refractivity contribution in [3.8, 4) is 11.5 Å². The highest BCUT2D eigenvalue weighted by Gasteiger charge is 2.10. The minimum absolute atomic E-state index is 0.654. The highest BCUT2D eigenvalue weighted by molar-refractivity contribution is 9.10. The van der Waals surface area contributed by atoms with Gasteiger partial charge in [-0.25, -0.2) is 0 Å². The molecule has 0 spiro atoms. The lowest BCUT2D eigenvalue weighted by molar-refractivity contribution is 0.331. The van der Waals surface area contributed by atoms with Crippen molar-refractivity contribution in [2.75, 3.05) is 34.4 Å². The molecule has 0 aliphatic heterocycles. The molecule has 0 atom stereocenters. The minimum atomic E-state index is 0.654. The molecule has 5 heteroatoms. The Morgan fingerprint density at radius 2 is 1.82 bits per heavy atom. The van der Waals surface area contributed by atoms with Gasteiger partial charge in [0.15, 0.2) is 11.5 Å². The first-order valence-electron chi connectivity index (χ1n) is 5.41. The second-order valence-electron chi connectivity index (χ2n) is 3.83. The van der Waals surface area contributed by atoms with E-state index in [0.717, 1.165) is 34.6 Å². The third-order valence-electron chi connectivity index (χ3n) is 2.50. The SMILES string of the molecule is COc1cc(Br)c(CN(C)CCN)cc1OC. The number of ether oxygens (including phenoxy) is 2. The summed E-state index contributed by atoms with van der Waals surface area (Å²) < 4.78 is 11.5. The number of benzene rings is 1. The summed E-state index contributed by atoms with van der Waals surface area (Å²) in [5.41, 5.74) is 6.68. The van der Waals surface area contributed by atoms with Crippen molar-refractivity contribution in [2.45, 2.75) is 6.54 Å². The average molecular weight is 303 g/mol. The van der Waals surface area contributed by atoms with E-state index in [9.17, 15) is 0 Å². The summed E-state index contributed by atoms with van der Waals surface area (Å²) in [6, 6.07) is 3.90. The van der Waals surface area contributed by atoms with Crippen LogP contribution in [0.3, 0.4) is 0 Å². The monoisotopic (exact) mass is 302 g/mol. The molecular weight excluding hydrogens is 284 g/mol. The Balaban J connectivity index is 2.92. The van der Waals surface area contributed by atoms with Gasteiger partial charge in [0.05, 0.1) is 14.2 Å². The Kier molecular flexibility index (Phi) is 5.74. The smallest absolute Gasteiger partial charge is 0.161 e. The molecule has 0 aliphatic rings. The number of likely N-dealkylation sites (N-methyl/N-ethyl adjacent to an activating group) is 1. The molecule has 17 heavy (non-hydrogen) atoms. The topological polar surface area (TPSA) is 47.7 Å². The fraction of sp³-hybridized carbons (Fsp3) is 0.500. The van der Waals surface area contributed by atoms with Crippen molar-refractivity contribution >= 4 is 15.9 Å². The number of halogens is 1. The molecule has 0 aliphatic carbocycles. The first-order chi connectivity index (χ1) is 8.12. The molecule has 0 amide bonds. The summed E-state index contributed by atoms with van der Waals surface area (Å²) in [4.78, 5) is 2.16. The molecule has 0 aromatic heterocycles. The van der Waals surface area contributed by atoms with Crippen molar-refractivity contribution < 1.29 is 9.47 Å². The molecular formula is C12H19BrN2O2. The third kappa shape index (κ3) is 3.87. The number of hydrogen-bond acceptors (Lipinski definition) is 4. The predicted octanol–water partition coefficient (Wildman–Crippen LogP) is 1.86. The summed E-state index contributed by atoms with van der Waals surface area (Å²) >= 11 is 3.54. The van der Waals surface area contributed by atoms with E-state index in [1.807, 2.05) is 19.2 Å². The molecule has 2 N–H and O–H groups in total. The molecule has 0 heterocycles. The van der Waals surface area contributed by atoms with E-state index >= 15 is 0 Å². The van der Waals surface area contributed by atoms with E-state index in [4.69, 9.17) is 15.2 Å². The van der Waals surface area contributed by atoms with Crippen LogP contribution < -0.4 is 15.2 Å². The quantitative estimate of drug-likeness (QED) is 0.871. The first kappa shape index (κ1) is 14.3. The van der Waals surface area contributed by atoms with E-state index in [1.54, 1.807) is 14.2 Å². The minimum Gasteiger partial charge on any atom is -0.493 e. The lowest BCUT2D eigenvalue weighted by Crippen LogP contribution is -2.25. The number of hydrogen-bond donors (Lipinski definition) is 1. The Morgan fingerprint density at radius 3 is 2.35 bits per heavy atom. The van der Waals surface area contributed by atoms with Crippen LogP contribution in [-0.2, 0) is 6.54 Å². The third-order valence-corrected chi connectivity index (χ3v) is 3.24. The maximum absolute atomic E-state index is 5.52. The lowest BCUT2D eigenvalue weighted by Gasteiger charge is -2.18. The van der Waals surface area contributed by atoms with Gasteiger partial charge in [-0.1, -0.05) is 15.9 Å². The van der Waals surface area contributed by atoms with Gasteiger partial charge in [-0.3, -0.25) is 0 Å². The normalized spacial score (nSPS) is 10.7. The van der Waals surface area contributed by atoms with Crippen molar-refractivity contribution in [3.63, 3.8) is 0 Å². The zero-order valence-electron chi connectivity index (χ0n) is 10.5. The van der Waals surface area contributed by atoms with Gasteiger partial charge >= 0.3 is 0 Å². The zero-order valence-corrected chi connectivity index (χ0v) is 12.1. The van der Waals surface area contributed by atoms with Gasteiger partial charge in [-0.2, -0.15) is 0 Å². The summed E-state index contributed by atoms with van der Waals surface area (Å²) in [6.45, 7) is 2.33. The van der Waals surface area contributed by atoms with Crippen molar-refractivity contribution in [1.29, 1.82) is 0 Å². The van der Waals surface area contributed by atoms with Gasteiger partial charge < -0.3 is 20.1 Å². The lowest BCUT2D eigenvalue weighted by atomic mass is 10.2. The highest BCUT2D eigenvalue weighted by Crippen LogP contribution is 2.33.